The molecule has 0 spiro atoms. The van der Waals surface area contributed by atoms with Crippen LogP contribution in [-0.4, -0.2) is 42.7 Å². The van der Waals surface area contributed by atoms with Crippen LogP contribution in [0, 0.1) is 0 Å². The summed E-state index contributed by atoms with van der Waals surface area (Å²) in [5.74, 6) is 2.86. The first kappa shape index (κ1) is 16.0. The van der Waals surface area contributed by atoms with Crippen LogP contribution in [0.1, 0.15) is 25.3 Å². The van der Waals surface area contributed by atoms with E-state index in [4.69, 9.17) is 9.47 Å². The molecule has 5 heteroatoms. The van der Waals surface area contributed by atoms with Gasteiger partial charge in [-0.15, -0.1) is 0 Å². The Morgan fingerprint density at radius 3 is 2.90 bits per heavy atom. The molecule has 0 saturated carbocycles. The summed E-state index contributed by atoms with van der Waals surface area (Å²) < 4.78 is 10.7. The number of carbonyl (C=O) groups excluding carboxylic acids is 1. The van der Waals surface area contributed by atoms with Crippen molar-refractivity contribution in [1.29, 1.82) is 0 Å². The molecular formula is C16H23NO3S. The van der Waals surface area contributed by atoms with Gasteiger partial charge in [0.05, 0.1) is 0 Å². The van der Waals surface area contributed by atoms with Crippen LogP contribution < -0.4 is 9.47 Å². The SMILES string of the molecule is CSCCCC(=O)N(C)C(C)Cc1ccc2c(c1)OCO2. The van der Waals surface area contributed by atoms with E-state index in [-0.39, 0.29) is 11.9 Å². The van der Waals surface area contributed by atoms with Gasteiger partial charge < -0.3 is 14.4 Å². The highest BCUT2D eigenvalue weighted by Gasteiger charge is 2.18. The standard InChI is InChI=1S/C16H23NO3S/c1-12(17(2)16(18)5-4-8-21-3)9-13-6-7-14-15(10-13)20-11-19-14/h6-7,10,12H,4-5,8-9,11H2,1-3H3. The number of carbonyl (C=O) groups is 1. The highest BCUT2D eigenvalue weighted by molar-refractivity contribution is 7.98. The molecule has 0 aromatic heterocycles. The smallest absolute Gasteiger partial charge is 0.231 e. The maximum atomic E-state index is 12.1. The lowest BCUT2D eigenvalue weighted by atomic mass is 10.1. The van der Waals surface area contributed by atoms with Gasteiger partial charge in [0.25, 0.3) is 0 Å². The number of amides is 1. The Hall–Kier alpha value is -1.36. The Morgan fingerprint density at radius 2 is 2.14 bits per heavy atom. The Morgan fingerprint density at radius 1 is 1.38 bits per heavy atom. The van der Waals surface area contributed by atoms with E-state index in [1.165, 1.54) is 0 Å². The fourth-order valence-corrected chi connectivity index (χ4v) is 2.77. The fourth-order valence-electron chi connectivity index (χ4n) is 2.34. The van der Waals surface area contributed by atoms with Crippen molar-refractivity contribution in [2.45, 2.75) is 32.2 Å². The van der Waals surface area contributed by atoms with Crippen LogP contribution in [0.3, 0.4) is 0 Å². The van der Waals surface area contributed by atoms with Gasteiger partial charge in [0.2, 0.25) is 12.7 Å². The predicted octanol–water partition coefficient (Wildman–Crippen LogP) is 2.95. The quantitative estimate of drug-likeness (QED) is 0.726. The van der Waals surface area contributed by atoms with E-state index >= 15 is 0 Å². The molecule has 0 bridgehead atoms. The molecule has 2 rings (SSSR count). The second kappa shape index (κ2) is 7.59. The lowest BCUT2D eigenvalue weighted by Crippen LogP contribution is -2.36. The average molecular weight is 309 g/mol. The van der Waals surface area contributed by atoms with Gasteiger partial charge in [0, 0.05) is 19.5 Å². The first-order chi connectivity index (χ1) is 10.1. The van der Waals surface area contributed by atoms with Crippen molar-refractivity contribution in [2.24, 2.45) is 0 Å². The largest absolute Gasteiger partial charge is 0.454 e. The zero-order chi connectivity index (χ0) is 15.2. The molecule has 1 aromatic rings. The van der Waals surface area contributed by atoms with Gasteiger partial charge >= 0.3 is 0 Å². The minimum absolute atomic E-state index is 0.173. The number of nitrogens with zero attached hydrogens (tertiary/aromatic N) is 1. The number of fused-ring (bicyclic) bond motifs is 1. The van der Waals surface area contributed by atoms with Crippen molar-refractivity contribution in [3.05, 3.63) is 23.8 Å². The molecule has 1 unspecified atom stereocenters. The molecule has 1 aliphatic rings. The van der Waals surface area contributed by atoms with E-state index in [1.807, 2.05) is 30.1 Å². The normalized spacial score (nSPS) is 14.0. The van der Waals surface area contributed by atoms with E-state index in [9.17, 15) is 4.79 Å². The number of thioether (sulfide) groups is 1. The summed E-state index contributed by atoms with van der Waals surface area (Å²) in [6, 6.07) is 6.15. The fraction of sp³-hybridized carbons (Fsp3) is 0.562. The van der Waals surface area contributed by atoms with Crippen molar-refractivity contribution >= 4 is 17.7 Å². The topological polar surface area (TPSA) is 38.8 Å². The van der Waals surface area contributed by atoms with E-state index < -0.39 is 0 Å². The molecule has 1 aliphatic heterocycles. The summed E-state index contributed by atoms with van der Waals surface area (Å²) in [5.41, 5.74) is 1.16. The van der Waals surface area contributed by atoms with E-state index in [0.29, 0.717) is 13.2 Å². The second-order valence-electron chi connectivity index (χ2n) is 5.34. The molecule has 1 heterocycles. The van der Waals surface area contributed by atoms with Crippen molar-refractivity contribution in [2.75, 3.05) is 25.8 Å². The summed E-state index contributed by atoms with van der Waals surface area (Å²) >= 11 is 1.78. The van der Waals surface area contributed by atoms with E-state index in [0.717, 1.165) is 35.7 Å². The second-order valence-corrected chi connectivity index (χ2v) is 6.33. The van der Waals surface area contributed by atoms with Crippen LogP contribution in [0.4, 0.5) is 0 Å². The average Bonchev–Trinajstić information content (AvgIpc) is 2.94. The van der Waals surface area contributed by atoms with E-state index in [1.54, 1.807) is 11.8 Å². The lowest BCUT2D eigenvalue weighted by Gasteiger charge is -2.25. The Balaban J connectivity index is 1.88. The Kier molecular flexibility index (Phi) is 5.79. The third-order valence-corrected chi connectivity index (χ3v) is 4.46. The summed E-state index contributed by atoms with van der Waals surface area (Å²) in [7, 11) is 1.89. The first-order valence-electron chi connectivity index (χ1n) is 7.25. The molecule has 116 valence electrons. The van der Waals surface area contributed by atoms with Gasteiger partial charge in [-0.05, 0) is 49.5 Å². The maximum absolute atomic E-state index is 12.1. The van der Waals surface area contributed by atoms with Crippen LogP contribution in [0.25, 0.3) is 0 Å². The van der Waals surface area contributed by atoms with Crippen molar-refractivity contribution in [3.8, 4) is 11.5 Å². The molecule has 21 heavy (non-hydrogen) atoms. The number of rotatable bonds is 7. The van der Waals surface area contributed by atoms with Gasteiger partial charge in [0.15, 0.2) is 11.5 Å². The van der Waals surface area contributed by atoms with Crippen molar-refractivity contribution in [1.82, 2.24) is 4.90 Å². The molecule has 0 radical (unpaired) electrons. The minimum Gasteiger partial charge on any atom is -0.454 e. The number of hydrogen-bond acceptors (Lipinski definition) is 4. The highest BCUT2D eigenvalue weighted by atomic mass is 32.2. The Bertz CT molecular complexity index is 492. The monoisotopic (exact) mass is 309 g/mol. The number of benzene rings is 1. The highest BCUT2D eigenvalue weighted by Crippen LogP contribution is 2.32. The molecule has 1 amide bonds. The van der Waals surface area contributed by atoms with Gasteiger partial charge in [0.1, 0.15) is 0 Å². The number of hydrogen-bond donors (Lipinski definition) is 0. The number of ether oxygens (including phenoxy) is 2. The summed E-state index contributed by atoms with van der Waals surface area (Å²) in [5, 5.41) is 0. The van der Waals surface area contributed by atoms with Crippen LogP contribution in [0.2, 0.25) is 0 Å². The van der Waals surface area contributed by atoms with Crippen molar-refractivity contribution < 1.29 is 14.3 Å². The zero-order valence-electron chi connectivity index (χ0n) is 12.9. The molecule has 1 aromatic carbocycles. The van der Waals surface area contributed by atoms with Crippen LogP contribution in [0.5, 0.6) is 11.5 Å². The summed E-state index contributed by atoms with van der Waals surface area (Å²) in [6.07, 6.45) is 4.46. The molecule has 0 fully saturated rings. The van der Waals surface area contributed by atoms with Gasteiger partial charge in [-0.2, -0.15) is 11.8 Å². The van der Waals surface area contributed by atoms with Gasteiger partial charge in [-0.3, -0.25) is 4.79 Å². The van der Waals surface area contributed by atoms with Crippen LogP contribution in [-0.2, 0) is 11.2 Å². The Labute approximate surface area is 130 Å². The van der Waals surface area contributed by atoms with Gasteiger partial charge in [-0.1, -0.05) is 6.07 Å². The molecule has 0 N–H and O–H groups in total. The molecule has 4 nitrogen and oxygen atoms in total. The summed E-state index contributed by atoms with van der Waals surface area (Å²) in [4.78, 5) is 14.0. The molecule has 1 atom stereocenters. The third kappa shape index (κ3) is 4.30. The minimum atomic E-state index is 0.173. The third-order valence-electron chi connectivity index (χ3n) is 3.76. The van der Waals surface area contributed by atoms with Gasteiger partial charge in [-0.25, -0.2) is 0 Å². The maximum Gasteiger partial charge on any atom is 0.231 e. The van der Waals surface area contributed by atoms with Crippen LogP contribution in [0.15, 0.2) is 18.2 Å². The first-order valence-corrected chi connectivity index (χ1v) is 8.64. The molecular weight excluding hydrogens is 286 g/mol. The predicted molar refractivity (Wildman–Crippen MR) is 86.1 cm³/mol. The lowest BCUT2D eigenvalue weighted by molar-refractivity contribution is -0.131. The molecule has 0 aliphatic carbocycles. The number of likely N-dealkylation sites (N-methyl/N-ethyl adjacent to an activating group) is 1. The summed E-state index contributed by atoms with van der Waals surface area (Å²) in [6.45, 7) is 2.37. The molecule has 0 saturated heterocycles. The van der Waals surface area contributed by atoms with E-state index in [2.05, 4.69) is 13.2 Å². The van der Waals surface area contributed by atoms with Crippen molar-refractivity contribution in [3.63, 3.8) is 0 Å². The van der Waals surface area contributed by atoms with Crippen LogP contribution >= 0.6 is 11.8 Å². The zero-order valence-corrected chi connectivity index (χ0v) is 13.7.